The van der Waals surface area contributed by atoms with E-state index in [2.05, 4.69) is 5.32 Å². The van der Waals surface area contributed by atoms with Gasteiger partial charge in [0.05, 0.1) is 27.7 Å². The Labute approximate surface area is 287 Å². The topological polar surface area (TPSA) is 96.0 Å². The molecule has 4 aromatic carbocycles. The number of amides is 2. The number of carbonyl (C=O) groups is 2. The fourth-order valence-corrected chi connectivity index (χ4v) is 6.94. The molecule has 0 aromatic heterocycles. The van der Waals surface area contributed by atoms with Crippen LogP contribution < -0.4 is 14.4 Å². The summed E-state index contributed by atoms with van der Waals surface area (Å²) in [4.78, 5) is 29.9. The van der Waals surface area contributed by atoms with Crippen molar-refractivity contribution in [2.45, 2.75) is 50.6 Å². The number of rotatable bonds is 15. The number of sulfonamides is 1. The molecule has 4 rings (SSSR count). The summed E-state index contributed by atoms with van der Waals surface area (Å²) in [5.41, 5.74) is 2.45. The summed E-state index contributed by atoms with van der Waals surface area (Å²) < 4.78 is 34.8. The number of nitrogens with zero attached hydrogens (tertiary/aromatic N) is 2. The molecule has 0 saturated heterocycles. The smallest absolute Gasteiger partial charge is 0.264 e. The molecule has 2 amide bonds. The van der Waals surface area contributed by atoms with Crippen LogP contribution in [0.3, 0.4) is 0 Å². The van der Waals surface area contributed by atoms with Crippen LogP contribution in [0, 0.1) is 6.92 Å². The van der Waals surface area contributed by atoms with Gasteiger partial charge in [0.15, 0.2) is 0 Å². The van der Waals surface area contributed by atoms with Crippen LogP contribution in [0.5, 0.6) is 5.75 Å². The van der Waals surface area contributed by atoms with E-state index in [9.17, 15) is 18.0 Å². The lowest BCUT2D eigenvalue weighted by Crippen LogP contribution is -2.53. The van der Waals surface area contributed by atoms with Gasteiger partial charge in [-0.2, -0.15) is 0 Å². The second kappa shape index (κ2) is 16.7. The molecule has 248 valence electrons. The third-order valence-electron chi connectivity index (χ3n) is 7.68. The molecular formula is C36H39Cl2N3O5S. The Morgan fingerprint density at radius 2 is 1.57 bits per heavy atom. The Kier molecular flexibility index (Phi) is 12.7. The molecule has 0 aliphatic rings. The van der Waals surface area contributed by atoms with Crippen molar-refractivity contribution in [1.82, 2.24) is 10.2 Å². The number of hydrogen-bond donors (Lipinski definition) is 1. The Hall–Kier alpha value is -4.05. The number of carbonyl (C=O) groups excluding carboxylic acids is 2. The van der Waals surface area contributed by atoms with Gasteiger partial charge in [0, 0.05) is 19.5 Å². The molecule has 11 heteroatoms. The first kappa shape index (κ1) is 35.8. The van der Waals surface area contributed by atoms with Gasteiger partial charge in [0.1, 0.15) is 18.3 Å². The molecule has 0 aliphatic heterocycles. The van der Waals surface area contributed by atoms with Crippen molar-refractivity contribution in [1.29, 1.82) is 0 Å². The van der Waals surface area contributed by atoms with Gasteiger partial charge in [-0.25, -0.2) is 8.42 Å². The SMILES string of the molecule is CCCCNC(=O)[C@H](Cc1ccccc1)N(Cc1cccc(OC)c1)C(=O)CN(c1cccc(Cl)c1Cl)S(=O)(=O)c1ccc(C)cc1. The molecule has 47 heavy (non-hydrogen) atoms. The Morgan fingerprint density at radius 3 is 2.26 bits per heavy atom. The van der Waals surface area contributed by atoms with Crippen molar-refractivity contribution in [2.24, 2.45) is 0 Å². The second-order valence-corrected chi connectivity index (χ2v) is 13.8. The second-order valence-electron chi connectivity index (χ2n) is 11.1. The fourth-order valence-electron chi connectivity index (χ4n) is 5.06. The predicted molar refractivity (Wildman–Crippen MR) is 188 cm³/mol. The number of hydrogen-bond acceptors (Lipinski definition) is 5. The van der Waals surface area contributed by atoms with Gasteiger partial charge >= 0.3 is 0 Å². The van der Waals surface area contributed by atoms with Gasteiger partial charge in [0.25, 0.3) is 10.0 Å². The molecule has 0 unspecified atom stereocenters. The lowest BCUT2D eigenvalue weighted by atomic mass is 10.0. The normalized spacial score (nSPS) is 11.9. The number of halogens is 2. The lowest BCUT2D eigenvalue weighted by molar-refractivity contribution is -0.140. The van der Waals surface area contributed by atoms with E-state index in [0.717, 1.165) is 28.3 Å². The first-order valence-electron chi connectivity index (χ1n) is 15.3. The van der Waals surface area contributed by atoms with Crippen LogP contribution in [0.2, 0.25) is 10.0 Å². The summed E-state index contributed by atoms with van der Waals surface area (Å²) in [6.07, 6.45) is 1.85. The number of aryl methyl sites for hydroxylation is 1. The number of methoxy groups -OCH3 is 1. The van der Waals surface area contributed by atoms with Gasteiger partial charge in [0.2, 0.25) is 11.8 Å². The number of unbranched alkanes of at least 4 members (excludes halogenated alkanes) is 1. The molecule has 1 atom stereocenters. The highest BCUT2D eigenvalue weighted by Gasteiger charge is 2.35. The highest BCUT2D eigenvalue weighted by Crippen LogP contribution is 2.36. The summed E-state index contributed by atoms with van der Waals surface area (Å²) in [5.74, 6) is -0.366. The number of nitrogens with one attached hydrogen (secondary N) is 1. The van der Waals surface area contributed by atoms with E-state index in [1.807, 2.05) is 50.2 Å². The minimum absolute atomic E-state index is 0.0103. The predicted octanol–water partition coefficient (Wildman–Crippen LogP) is 7.06. The van der Waals surface area contributed by atoms with Gasteiger partial charge in [-0.1, -0.05) is 103 Å². The quantitative estimate of drug-likeness (QED) is 0.134. The average Bonchev–Trinajstić information content (AvgIpc) is 3.07. The van der Waals surface area contributed by atoms with Gasteiger partial charge in [-0.3, -0.25) is 13.9 Å². The standard InChI is InChI=1S/C36H39Cl2N3O5S/c1-4-5-21-39-36(43)33(23-27-11-7-6-8-12-27)40(24-28-13-9-14-29(22-28)46-3)34(42)25-41(32-16-10-15-31(37)35(32)38)47(44,45)30-19-17-26(2)18-20-30/h6-20,22,33H,4-5,21,23-25H2,1-3H3,(H,39,43)/t33-/m0/s1. The Bertz CT molecular complexity index is 1770. The van der Waals surface area contributed by atoms with E-state index in [4.69, 9.17) is 27.9 Å². The first-order valence-corrected chi connectivity index (χ1v) is 17.5. The maximum Gasteiger partial charge on any atom is 0.264 e. The largest absolute Gasteiger partial charge is 0.497 e. The molecule has 0 aliphatic carbocycles. The first-order chi connectivity index (χ1) is 22.5. The van der Waals surface area contributed by atoms with E-state index in [1.54, 1.807) is 43.5 Å². The van der Waals surface area contributed by atoms with Crippen molar-refractivity contribution in [3.05, 3.63) is 124 Å². The van der Waals surface area contributed by atoms with Gasteiger partial charge < -0.3 is 15.0 Å². The maximum atomic E-state index is 14.6. The van der Waals surface area contributed by atoms with Crippen molar-refractivity contribution in [3.8, 4) is 5.75 Å². The Morgan fingerprint density at radius 1 is 0.894 bits per heavy atom. The molecule has 8 nitrogen and oxygen atoms in total. The third-order valence-corrected chi connectivity index (χ3v) is 10.3. The average molecular weight is 697 g/mol. The molecule has 1 N–H and O–H groups in total. The maximum absolute atomic E-state index is 14.6. The number of ether oxygens (including phenoxy) is 1. The molecule has 4 aromatic rings. The minimum atomic E-state index is -4.32. The number of benzene rings is 4. The van der Waals surface area contributed by atoms with E-state index in [0.29, 0.717) is 17.9 Å². The summed E-state index contributed by atoms with van der Waals surface area (Å²) in [6, 6.07) is 26.5. The molecular weight excluding hydrogens is 657 g/mol. The zero-order valence-corrected chi connectivity index (χ0v) is 29.0. The van der Waals surface area contributed by atoms with Crippen molar-refractivity contribution < 1.29 is 22.7 Å². The van der Waals surface area contributed by atoms with E-state index in [1.165, 1.54) is 29.2 Å². The Balaban J connectivity index is 1.83. The molecule has 0 saturated carbocycles. The van der Waals surface area contributed by atoms with Crippen LogP contribution in [0.15, 0.2) is 102 Å². The van der Waals surface area contributed by atoms with Gasteiger partial charge in [-0.05, 0) is 60.9 Å². The van der Waals surface area contributed by atoms with Crippen molar-refractivity contribution >= 4 is 50.7 Å². The monoisotopic (exact) mass is 695 g/mol. The molecule has 0 heterocycles. The van der Waals surface area contributed by atoms with Crippen molar-refractivity contribution in [3.63, 3.8) is 0 Å². The summed E-state index contributed by atoms with van der Waals surface area (Å²) in [6.45, 7) is 3.68. The zero-order valence-electron chi connectivity index (χ0n) is 26.7. The van der Waals surface area contributed by atoms with Crippen LogP contribution in [0.1, 0.15) is 36.5 Å². The fraction of sp³-hybridized carbons (Fsp3) is 0.278. The zero-order chi connectivity index (χ0) is 34.0. The van der Waals surface area contributed by atoms with E-state index >= 15 is 0 Å². The summed E-state index contributed by atoms with van der Waals surface area (Å²) in [5, 5.41) is 3.10. The third kappa shape index (κ3) is 9.28. The van der Waals surface area contributed by atoms with Gasteiger partial charge in [-0.15, -0.1) is 0 Å². The highest BCUT2D eigenvalue weighted by molar-refractivity contribution is 7.92. The van der Waals surface area contributed by atoms with E-state index in [-0.39, 0.29) is 39.5 Å². The van der Waals surface area contributed by atoms with E-state index < -0.39 is 28.5 Å². The molecule has 0 radical (unpaired) electrons. The highest BCUT2D eigenvalue weighted by atomic mass is 35.5. The van der Waals surface area contributed by atoms with Crippen LogP contribution in [0.4, 0.5) is 5.69 Å². The molecule has 0 spiro atoms. The molecule has 0 fully saturated rings. The van der Waals surface area contributed by atoms with Crippen LogP contribution in [-0.2, 0) is 32.6 Å². The van der Waals surface area contributed by atoms with Crippen molar-refractivity contribution in [2.75, 3.05) is 24.5 Å². The number of anilines is 1. The lowest BCUT2D eigenvalue weighted by Gasteiger charge is -2.34. The van der Waals surface area contributed by atoms with Crippen LogP contribution in [0.25, 0.3) is 0 Å². The summed E-state index contributed by atoms with van der Waals surface area (Å²) in [7, 11) is -2.78. The van der Waals surface area contributed by atoms with Crippen LogP contribution >= 0.6 is 23.2 Å². The minimum Gasteiger partial charge on any atom is -0.497 e. The summed E-state index contributed by atoms with van der Waals surface area (Å²) >= 11 is 12.9. The molecule has 0 bridgehead atoms. The van der Waals surface area contributed by atoms with Crippen LogP contribution in [-0.4, -0.2) is 51.4 Å².